The molecule has 0 spiro atoms. The number of rotatable bonds is 4. The van der Waals surface area contributed by atoms with E-state index in [-0.39, 0.29) is 0 Å². The van der Waals surface area contributed by atoms with Crippen LogP contribution in [0, 0.1) is 5.92 Å². The number of ether oxygens (including phenoxy) is 1. The molecule has 88 valence electrons. The zero-order valence-electron chi connectivity index (χ0n) is 9.72. The predicted octanol–water partition coefficient (Wildman–Crippen LogP) is 1.55. The summed E-state index contributed by atoms with van der Waals surface area (Å²) in [6.45, 7) is 4.84. The molecule has 4 heteroatoms. The molecule has 0 saturated carbocycles. The third-order valence-electron chi connectivity index (χ3n) is 3.08. The van der Waals surface area contributed by atoms with Crippen molar-refractivity contribution in [2.75, 3.05) is 19.8 Å². The summed E-state index contributed by atoms with van der Waals surface area (Å²) in [4.78, 5) is 8.33. The molecule has 1 aromatic heterocycles. The summed E-state index contributed by atoms with van der Waals surface area (Å²) in [6, 6.07) is 2.35. The van der Waals surface area contributed by atoms with Gasteiger partial charge in [-0.25, -0.2) is 9.97 Å². The highest BCUT2D eigenvalue weighted by atomic mass is 16.5. The molecular formula is C12H19N3O. The summed E-state index contributed by atoms with van der Waals surface area (Å²) < 4.78 is 5.40. The van der Waals surface area contributed by atoms with Gasteiger partial charge in [0.05, 0.1) is 11.7 Å². The van der Waals surface area contributed by atoms with Crippen LogP contribution in [0.3, 0.4) is 0 Å². The fraction of sp³-hybridized carbons (Fsp3) is 0.667. The van der Waals surface area contributed by atoms with E-state index in [1.807, 2.05) is 12.3 Å². The SMILES string of the molecule is CCNC(c1ccncn1)C1CCOCC1. The van der Waals surface area contributed by atoms with E-state index in [2.05, 4.69) is 22.2 Å². The zero-order valence-corrected chi connectivity index (χ0v) is 9.72. The fourth-order valence-corrected chi connectivity index (χ4v) is 2.27. The molecule has 1 saturated heterocycles. The van der Waals surface area contributed by atoms with E-state index in [4.69, 9.17) is 4.74 Å². The lowest BCUT2D eigenvalue weighted by atomic mass is 9.89. The van der Waals surface area contributed by atoms with Gasteiger partial charge < -0.3 is 10.1 Å². The molecule has 0 radical (unpaired) electrons. The summed E-state index contributed by atoms with van der Waals surface area (Å²) in [7, 11) is 0. The highest BCUT2D eigenvalue weighted by Crippen LogP contribution is 2.28. The molecule has 1 aliphatic rings. The molecule has 4 nitrogen and oxygen atoms in total. The van der Waals surface area contributed by atoms with Crippen LogP contribution in [0.4, 0.5) is 0 Å². The van der Waals surface area contributed by atoms with Crippen molar-refractivity contribution >= 4 is 0 Å². The van der Waals surface area contributed by atoms with E-state index >= 15 is 0 Å². The number of hydrogen-bond donors (Lipinski definition) is 1. The van der Waals surface area contributed by atoms with Crippen LogP contribution in [0.15, 0.2) is 18.6 Å². The molecule has 1 N–H and O–H groups in total. The van der Waals surface area contributed by atoms with Crippen molar-refractivity contribution < 1.29 is 4.74 Å². The van der Waals surface area contributed by atoms with E-state index in [9.17, 15) is 0 Å². The maximum Gasteiger partial charge on any atom is 0.115 e. The average molecular weight is 221 g/mol. The number of hydrogen-bond acceptors (Lipinski definition) is 4. The lowest BCUT2D eigenvalue weighted by Crippen LogP contribution is -2.32. The molecular weight excluding hydrogens is 202 g/mol. The van der Waals surface area contributed by atoms with Gasteiger partial charge in [-0.1, -0.05) is 6.92 Å². The average Bonchev–Trinajstić information content (AvgIpc) is 2.38. The maximum atomic E-state index is 5.40. The Hall–Kier alpha value is -1.00. The third kappa shape index (κ3) is 2.77. The Balaban J connectivity index is 2.09. The van der Waals surface area contributed by atoms with Crippen molar-refractivity contribution in [3.63, 3.8) is 0 Å². The van der Waals surface area contributed by atoms with E-state index in [1.54, 1.807) is 6.33 Å². The van der Waals surface area contributed by atoms with Gasteiger partial charge in [-0.3, -0.25) is 0 Å². The summed E-state index contributed by atoms with van der Waals surface area (Å²) in [5, 5.41) is 3.52. The first-order valence-corrected chi connectivity index (χ1v) is 5.99. The van der Waals surface area contributed by atoms with Gasteiger partial charge in [0.2, 0.25) is 0 Å². The number of aromatic nitrogens is 2. The largest absolute Gasteiger partial charge is 0.381 e. The van der Waals surface area contributed by atoms with Crippen LogP contribution in [-0.2, 0) is 4.74 Å². The molecule has 2 heterocycles. The standard InChI is InChI=1S/C12H19N3O/c1-2-14-12(10-4-7-16-8-5-10)11-3-6-13-9-15-11/h3,6,9-10,12,14H,2,4-5,7-8H2,1H3. The quantitative estimate of drug-likeness (QED) is 0.838. The van der Waals surface area contributed by atoms with Crippen molar-refractivity contribution in [2.45, 2.75) is 25.8 Å². The van der Waals surface area contributed by atoms with Gasteiger partial charge in [-0.15, -0.1) is 0 Å². The topological polar surface area (TPSA) is 47.0 Å². The van der Waals surface area contributed by atoms with E-state index in [0.717, 1.165) is 38.3 Å². The second-order valence-corrected chi connectivity index (χ2v) is 4.12. The summed E-state index contributed by atoms with van der Waals surface area (Å²) in [5.74, 6) is 0.628. The molecule has 1 fully saturated rings. The molecule has 2 rings (SSSR count). The fourth-order valence-electron chi connectivity index (χ4n) is 2.27. The molecule has 1 aliphatic heterocycles. The van der Waals surface area contributed by atoms with Crippen molar-refractivity contribution in [1.29, 1.82) is 0 Å². The summed E-state index contributed by atoms with van der Waals surface area (Å²) >= 11 is 0. The van der Waals surface area contributed by atoms with Gasteiger partial charge in [-0.2, -0.15) is 0 Å². The minimum Gasteiger partial charge on any atom is -0.381 e. The van der Waals surface area contributed by atoms with E-state index in [1.165, 1.54) is 0 Å². The van der Waals surface area contributed by atoms with Gasteiger partial charge in [0.1, 0.15) is 6.33 Å². The van der Waals surface area contributed by atoms with Crippen molar-refractivity contribution in [1.82, 2.24) is 15.3 Å². The Bertz CT molecular complexity index is 298. The molecule has 0 bridgehead atoms. The maximum absolute atomic E-state index is 5.40. The van der Waals surface area contributed by atoms with Crippen molar-refractivity contribution in [3.8, 4) is 0 Å². The van der Waals surface area contributed by atoms with Gasteiger partial charge in [0, 0.05) is 19.4 Å². The Morgan fingerprint density at radius 1 is 1.50 bits per heavy atom. The van der Waals surface area contributed by atoms with Gasteiger partial charge in [0.25, 0.3) is 0 Å². The molecule has 1 atom stereocenters. The molecule has 0 aromatic carbocycles. The normalized spacial score (nSPS) is 19.6. The lowest BCUT2D eigenvalue weighted by Gasteiger charge is -2.30. The minimum atomic E-state index is 0.344. The lowest BCUT2D eigenvalue weighted by molar-refractivity contribution is 0.0533. The minimum absolute atomic E-state index is 0.344. The molecule has 1 unspecified atom stereocenters. The molecule has 0 amide bonds. The van der Waals surface area contributed by atoms with Crippen LogP contribution in [0.1, 0.15) is 31.5 Å². The highest BCUT2D eigenvalue weighted by Gasteiger charge is 2.25. The van der Waals surface area contributed by atoms with E-state index in [0.29, 0.717) is 12.0 Å². The second-order valence-electron chi connectivity index (χ2n) is 4.12. The van der Waals surface area contributed by atoms with Gasteiger partial charge >= 0.3 is 0 Å². The monoisotopic (exact) mass is 221 g/mol. The third-order valence-corrected chi connectivity index (χ3v) is 3.08. The first kappa shape index (κ1) is 11.5. The first-order valence-electron chi connectivity index (χ1n) is 5.99. The first-order chi connectivity index (χ1) is 7.92. The van der Waals surface area contributed by atoms with Crippen molar-refractivity contribution in [3.05, 3.63) is 24.3 Å². The van der Waals surface area contributed by atoms with Crippen LogP contribution < -0.4 is 5.32 Å². The van der Waals surface area contributed by atoms with Crippen LogP contribution in [0.5, 0.6) is 0 Å². The van der Waals surface area contributed by atoms with Crippen LogP contribution >= 0.6 is 0 Å². The van der Waals surface area contributed by atoms with Crippen LogP contribution in [0.25, 0.3) is 0 Å². The Kier molecular flexibility index (Phi) is 4.25. The van der Waals surface area contributed by atoms with E-state index < -0.39 is 0 Å². The Labute approximate surface area is 96.4 Å². The summed E-state index contributed by atoms with van der Waals surface area (Å²) in [6.07, 6.45) is 5.66. The van der Waals surface area contributed by atoms with Crippen LogP contribution in [-0.4, -0.2) is 29.7 Å². The predicted molar refractivity (Wildman–Crippen MR) is 62.0 cm³/mol. The highest BCUT2D eigenvalue weighted by molar-refractivity contribution is 5.06. The molecule has 0 aliphatic carbocycles. The zero-order chi connectivity index (χ0) is 11.2. The Morgan fingerprint density at radius 2 is 2.31 bits per heavy atom. The smallest absolute Gasteiger partial charge is 0.115 e. The van der Waals surface area contributed by atoms with Crippen molar-refractivity contribution in [2.24, 2.45) is 5.92 Å². The summed E-state index contributed by atoms with van der Waals surface area (Å²) in [5.41, 5.74) is 1.10. The Morgan fingerprint density at radius 3 is 2.94 bits per heavy atom. The van der Waals surface area contributed by atoms with Gasteiger partial charge in [-0.05, 0) is 31.4 Å². The van der Waals surface area contributed by atoms with Gasteiger partial charge in [0.15, 0.2) is 0 Å². The number of nitrogens with zero attached hydrogens (tertiary/aromatic N) is 2. The van der Waals surface area contributed by atoms with Crippen LogP contribution in [0.2, 0.25) is 0 Å². The molecule has 16 heavy (non-hydrogen) atoms. The second kappa shape index (κ2) is 5.92. The molecule has 1 aromatic rings. The number of nitrogens with one attached hydrogen (secondary N) is 1.